The first-order chi connectivity index (χ1) is 17.5. The fourth-order valence-corrected chi connectivity index (χ4v) is 3.40. The molecule has 1 aliphatic heterocycles. The van der Waals surface area contributed by atoms with Gasteiger partial charge in [0.15, 0.2) is 0 Å². The molecule has 4 aromatic heterocycles. The average molecular weight is 496 g/mol. The number of H-pyrrole nitrogens is 1. The highest BCUT2D eigenvalue weighted by Gasteiger charge is 2.39. The molecule has 3 N–H and O–H groups in total. The van der Waals surface area contributed by atoms with Crippen LogP contribution in [0.1, 0.15) is 39.5 Å². The molecule has 4 aromatic rings. The molecule has 1 saturated carbocycles. The molecule has 0 bridgehead atoms. The Bertz CT molecular complexity index is 1230. The number of nitrogens with one attached hydrogen (secondary N) is 3. The van der Waals surface area contributed by atoms with E-state index in [0.717, 1.165) is 48.8 Å². The van der Waals surface area contributed by atoms with Crippen LogP contribution in [-0.2, 0) is 16.5 Å². The maximum absolute atomic E-state index is 10.8. The highest BCUT2D eigenvalue weighted by Crippen LogP contribution is 2.34. The summed E-state index contributed by atoms with van der Waals surface area (Å²) in [5, 5.41) is 16.9. The minimum Gasteiger partial charge on any atom is -0.450 e. The first-order valence-electron chi connectivity index (χ1n) is 12.1. The Morgan fingerprint density at radius 3 is 2.67 bits per heavy atom. The summed E-state index contributed by atoms with van der Waals surface area (Å²) in [5.41, 5.74) is 2.61. The van der Waals surface area contributed by atoms with Crippen molar-refractivity contribution in [3.05, 3.63) is 43.1 Å². The number of hydrogen-bond acceptors (Lipinski definition) is 8. The number of aromatic amines is 1. The molecular formula is C24H33N9O3. The topological polar surface area (TPSA) is 136 Å². The molecule has 12 heteroatoms. The molecule has 192 valence electrons. The van der Waals surface area contributed by atoms with Crippen molar-refractivity contribution >= 4 is 23.5 Å². The second-order valence-electron chi connectivity index (χ2n) is 8.84. The molecule has 36 heavy (non-hydrogen) atoms. The minimum absolute atomic E-state index is 0.0479. The molecule has 1 saturated heterocycles. The number of aromatic nitrogens is 7. The van der Waals surface area contributed by atoms with E-state index in [9.17, 15) is 4.79 Å². The van der Waals surface area contributed by atoms with Gasteiger partial charge in [0.05, 0.1) is 24.7 Å². The first-order valence-corrected chi connectivity index (χ1v) is 12.1. The monoisotopic (exact) mass is 495 g/mol. The molecule has 0 unspecified atom stereocenters. The van der Waals surface area contributed by atoms with Crippen LogP contribution in [0.2, 0.25) is 0 Å². The summed E-state index contributed by atoms with van der Waals surface area (Å²) in [5.74, 6) is 1.42. The van der Waals surface area contributed by atoms with Crippen LogP contribution in [0.5, 0.6) is 0 Å². The summed E-state index contributed by atoms with van der Waals surface area (Å²) in [6, 6.07) is 3.76. The number of hydrogen-bond donors (Lipinski definition) is 3. The quantitative estimate of drug-likeness (QED) is 0.381. The fourth-order valence-electron chi connectivity index (χ4n) is 3.40. The van der Waals surface area contributed by atoms with Gasteiger partial charge < -0.3 is 20.1 Å². The average Bonchev–Trinajstić information content (AvgIpc) is 3.50. The Morgan fingerprint density at radius 2 is 2.08 bits per heavy atom. The number of ether oxygens (including phenoxy) is 2. The van der Waals surface area contributed by atoms with Gasteiger partial charge in [0.1, 0.15) is 11.5 Å². The second-order valence-corrected chi connectivity index (χ2v) is 8.84. The molecule has 2 fully saturated rings. The third-order valence-corrected chi connectivity index (χ3v) is 5.64. The van der Waals surface area contributed by atoms with Gasteiger partial charge in [-0.25, -0.2) is 14.8 Å². The van der Waals surface area contributed by atoms with Crippen molar-refractivity contribution in [2.24, 2.45) is 7.05 Å². The van der Waals surface area contributed by atoms with E-state index in [2.05, 4.69) is 35.9 Å². The molecule has 0 aromatic carbocycles. The van der Waals surface area contributed by atoms with E-state index in [0.29, 0.717) is 12.6 Å². The zero-order valence-corrected chi connectivity index (χ0v) is 20.9. The van der Waals surface area contributed by atoms with Gasteiger partial charge in [-0.2, -0.15) is 10.2 Å². The number of imidazole rings is 1. The van der Waals surface area contributed by atoms with Gasteiger partial charge in [-0.3, -0.25) is 14.2 Å². The molecular weight excluding hydrogens is 462 g/mol. The number of nitrogens with zero attached hydrogens (tertiary/aromatic N) is 6. The summed E-state index contributed by atoms with van der Waals surface area (Å²) >= 11 is 0. The molecule has 2 aliphatic rings. The largest absolute Gasteiger partial charge is 0.450 e. The predicted molar refractivity (Wildman–Crippen MR) is 135 cm³/mol. The lowest BCUT2D eigenvalue weighted by atomic mass is 10.2. The van der Waals surface area contributed by atoms with Gasteiger partial charge in [-0.1, -0.05) is 0 Å². The molecule has 1 aliphatic carbocycles. The van der Waals surface area contributed by atoms with E-state index in [1.807, 2.05) is 42.9 Å². The predicted octanol–water partition coefficient (Wildman–Crippen LogP) is 3.68. The standard InChI is InChI=1S/C13H12N8.C7H13NO2.C4H8O/c1-20-8-9(7-16-20)10-6-12-14-4-5-21(12)13(17-10)18-11-2-3-15-19-11;1-3-10-6(9)8-7(2)4-5-7;1-2-4-5-3-1/h2-8H,1H3,(H2,15,17,18,19);3-5H2,1-2H3,(H,8,9);1-4H2. The lowest BCUT2D eigenvalue weighted by Gasteiger charge is -2.09. The van der Waals surface area contributed by atoms with E-state index in [-0.39, 0.29) is 11.6 Å². The Kier molecular flexibility index (Phi) is 8.16. The molecule has 5 heterocycles. The molecule has 0 spiro atoms. The van der Waals surface area contributed by atoms with Crippen molar-refractivity contribution < 1.29 is 14.3 Å². The number of carbonyl (C=O) groups excluding carboxylic acids is 1. The van der Waals surface area contributed by atoms with Crippen molar-refractivity contribution in [2.45, 2.75) is 45.1 Å². The van der Waals surface area contributed by atoms with Crippen LogP contribution in [0, 0.1) is 0 Å². The summed E-state index contributed by atoms with van der Waals surface area (Å²) in [7, 11) is 1.88. The van der Waals surface area contributed by atoms with Gasteiger partial charge >= 0.3 is 6.09 Å². The Hall–Kier alpha value is -3.93. The van der Waals surface area contributed by atoms with Crippen LogP contribution in [0.25, 0.3) is 16.9 Å². The molecule has 1 amide bonds. The Balaban J connectivity index is 0.000000167. The number of fused-ring (bicyclic) bond motifs is 1. The second kappa shape index (κ2) is 11.7. The van der Waals surface area contributed by atoms with Crippen molar-refractivity contribution in [3.8, 4) is 11.3 Å². The normalized spacial score (nSPS) is 15.3. The number of carbonyl (C=O) groups is 1. The van der Waals surface area contributed by atoms with E-state index < -0.39 is 0 Å². The zero-order valence-electron chi connectivity index (χ0n) is 20.9. The summed E-state index contributed by atoms with van der Waals surface area (Å²) in [6.45, 7) is 6.26. The maximum Gasteiger partial charge on any atom is 0.407 e. The van der Waals surface area contributed by atoms with Crippen LogP contribution < -0.4 is 10.6 Å². The number of anilines is 2. The van der Waals surface area contributed by atoms with Gasteiger partial charge in [0, 0.05) is 62.1 Å². The van der Waals surface area contributed by atoms with E-state index in [1.54, 1.807) is 30.2 Å². The zero-order chi connectivity index (χ0) is 25.4. The van der Waals surface area contributed by atoms with Gasteiger partial charge in [0.25, 0.3) is 0 Å². The lowest BCUT2D eigenvalue weighted by molar-refractivity contribution is 0.147. The van der Waals surface area contributed by atoms with Gasteiger partial charge in [-0.05, 0) is 39.5 Å². The van der Waals surface area contributed by atoms with E-state index >= 15 is 0 Å². The maximum atomic E-state index is 10.8. The van der Waals surface area contributed by atoms with Crippen molar-refractivity contribution in [1.29, 1.82) is 0 Å². The fraction of sp³-hybridized carbons (Fsp3) is 0.458. The molecule has 0 atom stereocenters. The first kappa shape index (κ1) is 25.2. The lowest BCUT2D eigenvalue weighted by Crippen LogP contribution is -2.34. The van der Waals surface area contributed by atoms with Gasteiger partial charge in [-0.15, -0.1) is 0 Å². The summed E-state index contributed by atoms with van der Waals surface area (Å²) in [6.07, 6.45) is 13.4. The van der Waals surface area contributed by atoms with Crippen LogP contribution in [-0.4, -0.2) is 65.8 Å². The SMILES string of the molecule is C1CCOC1.CCOC(=O)NC1(C)CC1.Cn1cc(-c2cc3nccn3c(Nc3ccn[nH]3)n2)cn1. The van der Waals surface area contributed by atoms with Crippen LogP contribution in [0.4, 0.5) is 16.6 Å². The molecule has 12 nitrogen and oxygen atoms in total. The third-order valence-electron chi connectivity index (χ3n) is 5.64. The highest BCUT2D eigenvalue weighted by molar-refractivity contribution is 5.68. The van der Waals surface area contributed by atoms with Crippen LogP contribution in [0.15, 0.2) is 43.1 Å². The number of alkyl carbamates (subject to hydrolysis) is 1. The summed E-state index contributed by atoms with van der Waals surface area (Å²) < 4.78 is 13.3. The van der Waals surface area contributed by atoms with E-state index in [1.165, 1.54) is 12.8 Å². The summed E-state index contributed by atoms with van der Waals surface area (Å²) in [4.78, 5) is 19.7. The highest BCUT2D eigenvalue weighted by atomic mass is 16.5. The van der Waals surface area contributed by atoms with Crippen LogP contribution in [0.3, 0.4) is 0 Å². The number of rotatable bonds is 5. The van der Waals surface area contributed by atoms with Crippen molar-refractivity contribution in [2.75, 3.05) is 25.1 Å². The van der Waals surface area contributed by atoms with Crippen molar-refractivity contribution in [3.63, 3.8) is 0 Å². The number of amides is 1. The van der Waals surface area contributed by atoms with Crippen molar-refractivity contribution in [1.82, 2.24) is 39.7 Å². The molecule has 6 rings (SSSR count). The van der Waals surface area contributed by atoms with E-state index in [4.69, 9.17) is 9.47 Å². The van der Waals surface area contributed by atoms with Gasteiger partial charge in [0.2, 0.25) is 5.95 Å². The minimum atomic E-state index is -0.289. The molecule has 0 radical (unpaired) electrons. The smallest absolute Gasteiger partial charge is 0.407 e. The number of aryl methyl sites for hydroxylation is 1. The third kappa shape index (κ3) is 7.04. The Labute approximate surface area is 209 Å². The Morgan fingerprint density at radius 1 is 1.28 bits per heavy atom. The van der Waals surface area contributed by atoms with Crippen LogP contribution >= 0.6 is 0 Å².